The van der Waals surface area contributed by atoms with Crippen LogP contribution in [0.15, 0.2) is 41.0 Å². The minimum atomic E-state index is -0.477. The first-order valence-electron chi connectivity index (χ1n) is 5.07. The van der Waals surface area contributed by atoms with Gasteiger partial charge in [-0.15, -0.1) is 0 Å². The number of benzene rings is 1. The highest BCUT2D eigenvalue weighted by Gasteiger charge is 2.23. The van der Waals surface area contributed by atoms with Crippen LogP contribution in [0.1, 0.15) is 10.4 Å². The highest BCUT2D eigenvalue weighted by molar-refractivity contribution is 5.99. The van der Waals surface area contributed by atoms with Gasteiger partial charge >= 0.3 is 5.97 Å². The molecule has 1 aromatic heterocycles. The average Bonchev–Trinajstić information content (AvgIpc) is 2.82. The van der Waals surface area contributed by atoms with Crippen molar-refractivity contribution in [3.8, 4) is 17.1 Å². The second-order valence-electron chi connectivity index (χ2n) is 3.37. The summed E-state index contributed by atoms with van der Waals surface area (Å²) in [5.41, 5.74) is 1.84. The van der Waals surface area contributed by atoms with Crippen molar-refractivity contribution < 1.29 is 18.7 Å². The van der Waals surface area contributed by atoms with Crippen LogP contribution in [0.3, 0.4) is 0 Å². The third-order valence-corrected chi connectivity index (χ3v) is 2.42. The molecule has 0 unspecified atom stereocenters. The molecule has 0 N–H and O–H groups in total. The molecule has 0 spiro atoms. The van der Waals surface area contributed by atoms with Crippen LogP contribution >= 0.6 is 0 Å². The maximum Gasteiger partial charge on any atom is 0.345 e. The summed E-state index contributed by atoms with van der Waals surface area (Å²) in [6, 6.07) is 9.44. The lowest BCUT2D eigenvalue weighted by atomic mass is 10.0. The monoisotopic (exact) mass is 232 g/mol. The van der Waals surface area contributed by atoms with Crippen LogP contribution in [0.5, 0.6) is 5.95 Å². The van der Waals surface area contributed by atoms with Gasteiger partial charge in [-0.2, -0.15) is 0 Å². The van der Waals surface area contributed by atoms with E-state index in [9.17, 15) is 4.79 Å². The maximum absolute atomic E-state index is 11.7. The fourth-order valence-corrected chi connectivity index (χ4v) is 1.62. The molecule has 0 aliphatic rings. The second-order valence-corrected chi connectivity index (χ2v) is 3.37. The molecule has 1 heterocycles. The van der Waals surface area contributed by atoms with Crippen molar-refractivity contribution in [1.29, 1.82) is 0 Å². The molecule has 88 valence electrons. The number of ether oxygens (including phenoxy) is 2. The Bertz CT molecular complexity index is 513. The fourth-order valence-electron chi connectivity index (χ4n) is 1.62. The lowest BCUT2D eigenvalue weighted by Crippen LogP contribution is -2.03. The van der Waals surface area contributed by atoms with Crippen LogP contribution in [0.2, 0.25) is 0 Å². The number of methoxy groups -OCH3 is 2. The molecule has 0 saturated heterocycles. The van der Waals surface area contributed by atoms with Gasteiger partial charge in [-0.1, -0.05) is 30.3 Å². The first-order chi connectivity index (χ1) is 8.27. The molecule has 17 heavy (non-hydrogen) atoms. The summed E-state index contributed by atoms with van der Waals surface area (Å²) in [6.45, 7) is 0. The zero-order valence-corrected chi connectivity index (χ0v) is 9.60. The van der Waals surface area contributed by atoms with Crippen molar-refractivity contribution in [3.63, 3.8) is 0 Å². The van der Waals surface area contributed by atoms with Gasteiger partial charge in [-0.25, -0.2) is 4.79 Å². The van der Waals surface area contributed by atoms with E-state index in [-0.39, 0.29) is 5.95 Å². The second kappa shape index (κ2) is 4.74. The van der Waals surface area contributed by atoms with Crippen molar-refractivity contribution in [1.82, 2.24) is 0 Å². The van der Waals surface area contributed by atoms with Gasteiger partial charge in [0, 0.05) is 5.56 Å². The van der Waals surface area contributed by atoms with Gasteiger partial charge < -0.3 is 13.9 Å². The molecule has 0 saturated carbocycles. The Hall–Kier alpha value is -2.23. The standard InChI is InChI=1S/C13H12O4/c1-15-12(14)11-10(8-17-13(11)16-2)9-6-4-3-5-7-9/h3-8H,1-2H3. The van der Waals surface area contributed by atoms with Crippen LogP contribution < -0.4 is 4.74 Å². The zero-order chi connectivity index (χ0) is 12.3. The van der Waals surface area contributed by atoms with Crippen molar-refractivity contribution in [2.75, 3.05) is 14.2 Å². The predicted octanol–water partition coefficient (Wildman–Crippen LogP) is 2.74. The van der Waals surface area contributed by atoms with Crippen molar-refractivity contribution in [2.45, 2.75) is 0 Å². The molecule has 0 bridgehead atoms. The number of furan rings is 1. The average molecular weight is 232 g/mol. The van der Waals surface area contributed by atoms with E-state index in [1.165, 1.54) is 20.5 Å². The molecule has 0 amide bonds. The third kappa shape index (κ3) is 2.01. The van der Waals surface area contributed by atoms with Gasteiger partial charge in [0.15, 0.2) is 5.56 Å². The minimum Gasteiger partial charge on any atom is -0.468 e. The first-order valence-corrected chi connectivity index (χ1v) is 5.07. The lowest BCUT2D eigenvalue weighted by molar-refractivity contribution is 0.0595. The SMILES string of the molecule is COC(=O)c1c(-c2ccccc2)coc1OC. The quantitative estimate of drug-likeness (QED) is 0.763. The van der Waals surface area contributed by atoms with Crippen molar-refractivity contribution in [2.24, 2.45) is 0 Å². The zero-order valence-electron chi connectivity index (χ0n) is 9.60. The Labute approximate surface area is 98.8 Å². The normalized spacial score (nSPS) is 10.0. The molecule has 2 rings (SSSR count). The summed E-state index contributed by atoms with van der Waals surface area (Å²) in [5.74, 6) is -0.315. The molecule has 0 aliphatic heterocycles. The smallest absolute Gasteiger partial charge is 0.345 e. The van der Waals surface area contributed by atoms with E-state index < -0.39 is 5.97 Å². The Balaban J connectivity index is 2.55. The number of esters is 1. The Morgan fingerprint density at radius 1 is 1.18 bits per heavy atom. The van der Waals surface area contributed by atoms with E-state index >= 15 is 0 Å². The van der Waals surface area contributed by atoms with Gasteiger partial charge in [0.25, 0.3) is 5.95 Å². The third-order valence-electron chi connectivity index (χ3n) is 2.42. The molecule has 1 aromatic carbocycles. The van der Waals surface area contributed by atoms with E-state index in [2.05, 4.69) is 0 Å². The molecule has 4 heteroatoms. The summed E-state index contributed by atoms with van der Waals surface area (Å²) >= 11 is 0. The number of carbonyl (C=O) groups is 1. The highest BCUT2D eigenvalue weighted by atomic mass is 16.6. The lowest BCUT2D eigenvalue weighted by Gasteiger charge is -2.02. The number of carbonyl (C=O) groups excluding carboxylic acids is 1. The van der Waals surface area contributed by atoms with E-state index in [0.29, 0.717) is 11.1 Å². The Morgan fingerprint density at radius 2 is 1.88 bits per heavy atom. The van der Waals surface area contributed by atoms with E-state index in [0.717, 1.165) is 5.56 Å². The van der Waals surface area contributed by atoms with Crippen molar-refractivity contribution in [3.05, 3.63) is 42.2 Å². The van der Waals surface area contributed by atoms with Gasteiger partial charge in [-0.3, -0.25) is 0 Å². The highest BCUT2D eigenvalue weighted by Crippen LogP contribution is 2.33. The van der Waals surface area contributed by atoms with Gasteiger partial charge in [0.05, 0.1) is 14.2 Å². The van der Waals surface area contributed by atoms with E-state index in [1.54, 1.807) is 0 Å². The molecule has 4 nitrogen and oxygen atoms in total. The molecule has 2 aromatic rings. The van der Waals surface area contributed by atoms with Crippen LogP contribution in [0.25, 0.3) is 11.1 Å². The topological polar surface area (TPSA) is 48.7 Å². The molecular weight excluding hydrogens is 220 g/mol. The van der Waals surface area contributed by atoms with Crippen molar-refractivity contribution >= 4 is 5.97 Å². The van der Waals surface area contributed by atoms with Gasteiger partial charge in [-0.05, 0) is 5.56 Å². The Kier molecular flexibility index (Phi) is 3.14. The number of hydrogen-bond donors (Lipinski definition) is 0. The summed E-state index contributed by atoms with van der Waals surface area (Å²) in [5, 5.41) is 0. The molecular formula is C13H12O4. The summed E-state index contributed by atoms with van der Waals surface area (Å²) in [7, 11) is 2.77. The number of hydrogen-bond acceptors (Lipinski definition) is 4. The van der Waals surface area contributed by atoms with Crippen LogP contribution in [-0.2, 0) is 4.74 Å². The maximum atomic E-state index is 11.7. The van der Waals surface area contributed by atoms with Crippen LogP contribution in [0, 0.1) is 0 Å². The molecule has 0 aliphatic carbocycles. The van der Waals surface area contributed by atoms with Crippen LogP contribution in [-0.4, -0.2) is 20.2 Å². The van der Waals surface area contributed by atoms with E-state index in [1.807, 2.05) is 30.3 Å². The largest absolute Gasteiger partial charge is 0.468 e. The van der Waals surface area contributed by atoms with Gasteiger partial charge in [0.1, 0.15) is 6.26 Å². The molecule has 0 fully saturated rings. The van der Waals surface area contributed by atoms with Crippen LogP contribution in [0.4, 0.5) is 0 Å². The first kappa shape index (κ1) is 11.3. The van der Waals surface area contributed by atoms with E-state index in [4.69, 9.17) is 13.9 Å². The predicted molar refractivity (Wildman–Crippen MR) is 62.0 cm³/mol. The number of rotatable bonds is 3. The minimum absolute atomic E-state index is 0.163. The summed E-state index contributed by atoms with van der Waals surface area (Å²) in [4.78, 5) is 11.7. The summed E-state index contributed by atoms with van der Waals surface area (Å²) < 4.78 is 14.9. The Morgan fingerprint density at radius 3 is 2.47 bits per heavy atom. The molecule has 0 radical (unpaired) electrons. The summed E-state index contributed by atoms with van der Waals surface area (Å²) in [6.07, 6.45) is 1.49. The fraction of sp³-hybridized carbons (Fsp3) is 0.154. The van der Waals surface area contributed by atoms with Gasteiger partial charge in [0.2, 0.25) is 0 Å². The molecule has 0 atom stereocenters.